The van der Waals surface area contributed by atoms with Gasteiger partial charge in [0.05, 0.1) is 12.7 Å². The standard InChI is InChI=1S/C16H19NO2/c1-2-19-16-8-4-3-6-13(16)9-10-15(18)14-7-5-11-17-12-14/h3-8,11-12,15,18H,2,9-10H2,1H3. The Bertz CT molecular complexity index is 499. The van der Waals surface area contributed by atoms with Gasteiger partial charge in [-0.3, -0.25) is 4.98 Å². The SMILES string of the molecule is CCOc1ccccc1CCC(O)c1cccnc1. The van der Waals surface area contributed by atoms with Gasteiger partial charge in [0, 0.05) is 12.4 Å². The Balaban J connectivity index is 1.99. The minimum absolute atomic E-state index is 0.483. The highest BCUT2D eigenvalue weighted by Crippen LogP contribution is 2.23. The lowest BCUT2D eigenvalue weighted by atomic mass is 10.0. The third kappa shape index (κ3) is 3.80. The summed E-state index contributed by atoms with van der Waals surface area (Å²) < 4.78 is 5.58. The Hall–Kier alpha value is -1.87. The van der Waals surface area contributed by atoms with E-state index < -0.39 is 6.10 Å². The number of nitrogens with zero attached hydrogens (tertiary/aromatic N) is 1. The summed E-state index contributed by atoms with van der Waals surface area (Å²) >= 11 is 0. The lowest BCUT2D eigenvalue weighted by Crippen LogP contribution is -2.02. The molecule has 2 rings (SSSR count). The van der Waals surface area contributed by atoms with Crippen molar-refractivity contribution < 1.29 is 9.84 Å². The molecule has 0 fully saturated rings. The van der Waals surface area contributed by atoms with Crippen molar-refractivity contribution in [3.8, 4) is 5.75 Å². The normalized spacial score (nSPS) is 12.1. The predicted octanol–water partition coefficient (Wildman–Crippen LogP) is 3.15. The maximum Gasteiger partial charge on any atom is 0.122 e. The molecule has 0 bridgehead atoms. The van der Waals surface area contributed by atoms with Crippen molar-refractivity contribution in [2.75, 3.05) is 6.61 Å². The molecule has 0 aliphatic rings. The van der Waals surface area contributed by atoms with Crippen molar-refractivity contribution in [2.45, 2.75) is 25.9 Å². The van der Waals surface area contributed by atoms with Crippen LogP contribution >= 0.6 is 0 Å². The quantitative estimate of drug-likeness (QED) is 0.864. The van der Waals surface area contributed by atoms with Gasteiger partial charge in [-0.15, -0.1) is 0 Å². The number of para-hydroxylation sites is 1. The maximum atomic E-state index is 10.1. The highest BCUT2D eigenvalue weighted by molar-refractivity contribution is 5.33. The average molecular weight is 257 g/mol. The van der Waals surface area contributed by atoms with Gasteiger partial charge in [-0.25, -0.2) is 0 Å². The summed E-state index contributed by atoms with van der Waals surface area (Å²) in [7, 11) is 0. The molecule has 19 heavy (non-hydrogen) atoms. The Labute approximate surface area is 113 Å². The molecule has 0 spiro atoms. The van der Waals surface area contributed by atoms with E-state index in [2.05, 4.69) is 4.98 Å². The van der Waals surface area contributed by atoms with Crippen molar-refractivity contribution in [1.82, 2.24) is 4.98 Å². The van der Waals surface area contributed by atoms with Crippen LogP contribution in [0, 0.1) is 0 Å². The van der Waals surface area contributed by atoms with E-state index in [0.29, 0.717) is 13.0 Å². The largest absolute Gasteiger partial charge is 0.494 e. The molecule has 1 heterocycles. The van der Waals surface area contributed by atoms with E-state index in [-0.39, 0.29) is 0 Å². The van der Waals surface area contributed by atoms with E-state index in [1.807, 2.05) is 43.3 Å². The van der Waals surface area contributed by atoms with Crippen molar-refractivity contribution in [2.24, 2.45) is 0 Å². The molecule has 0 saturated carbocycles. The predicted molar refractivity (Wildman–Crippen MR) is 75.1 cm³/mol. The molecule has 1 N–H and O–H groups in total. The number of hydrogen-bond donors (Lipinski definition) is 1. The number of hydrogen-bond acceptors (Lipinski definition) is 3. The van der Waals surface area contributed by atoms with Gasteiger partial charge >= 0.3 is 0 Å². The molecule has 1 aromatic heterocycles. The Morgan fingerprint density at radius 3 is 2.79 bits per heavy atom. The van der Waals surface area contributed by atoms with Gasteiger partial charge in [0.15, 0.2) is 0 Å². The number of aliphatic hydroxyl groups excluding tert-OH is 1. The highest BCUT2D eigenvalue weighted by Gasteiger charge is 2.09. The number of aromatic nitrogens is 1. The van der Waals surface area contributed by atoms with E-state index in [1.54, 1.807) is 12.4 Å². The molecule has 1 atom stereocenters. The topological polar surface area (TPSA) is 42.4 Å². The van der Waals surface area contributed by atoms with Crippen LogP contribution in [0.4, 0.5) is 0 Å². The van der Waals surface area contributed by atoms with Gasteiger partial charge in [-0.1, -0.05) is 24.3 Å². The van der Waals surface area contributed by atoms with Crippen LogP contribution in [0.2, 0.25) is 0 Å². The van der Waals surface area contributed by atoms with Crippen molar-refractivity contribution in [3.63, 3.8) is 0 Å². The van der Waals surface area contributed by atoms with Crippen LogP contribution in [0.25, 0.3) is 0 Å². The van der Waals surface area contributed by atoms with Crippen LogP contribution in [-0.2, 0) is 6.42 Å². The van der Waals surface area contributed by atoms with Gasteiger partial charge in [0.1, 0.15) is 5.75 Å². The van der Waals surface area contributed by atoms with Gasteiger partial charge in [0.2, 0.25) is 0 Å². The van der Waals surface area contributed by atoms with Gasteiger partial charge in [-0.2, -0.15) is 0 Å². The van der Waals surface area contributed by atoms with Crippen LogP contribution in [-0.4, -0.2) is 16.7 Å². The lowest BCUT2D eigenvalue weighted by molar-refractivity contribution is 0.167. The second-order valence-electron chi connectivity index (χ2n) is 4.38. The zero-order valence-electron chi connectivity index (χ0n) is 11.1. The van der Waals surface area contributed by atoms with Crippen LogP contribution in [0.15, 0.2) is 48.8 Å². The second-order valence-corrected chi connectivity index (χ2v) is 4.38. The zero-order chi connectivity index (χ0) is 13.5. The van der Waals surface area contributed by atoms with E-state index in [9.17, 15) is 5.11 Å². The Kier molecular flexibility index (Phi) is 4.93. The highest BCUT2D eigenvalue weighted by atomic mass is 16.5. The fraction of sp³-hybridized carbons (Fsp3) is 0.312. The summed E-state index contributed by atoms with van der Waals surface area (Å²) in [6.45, 7) is 2.63. The number of pyridine rings is 1. The summed E-state index contributed by atoms with van der Waals surface area (Å²) in [6.07, 6.45) is 4.38. The third-order valence-corrected chi connectivity index (χ3v) is 3.03. The molecule has 3 nitrogen and oxygen atoms in total. The van der Waals surface area contributed by atoms with Crippen molar-refractivity contribution in [3.05, 3.63) is 59.9 Å². The molecule has 3 heteroatoms. The molecule has 1 aromatic carbocycles. The van der Waals surface area contributed by atoms with Crippen LogP contribution in [0.3, 0.4) is 0 Å². The molecule has 0 aliphatic heterocycles. The van der Waals surface area contributed by atoms with Crippen LogP contribution in [0.5, 0.6) is 5.75 Å². The number of aryl methyl sites for hydroxylation is 1. The monoisotopic (exact) mass is 257 g/mol. The molecular weight excluding hydrogens is 238 g/mol. The smallest absolute Gasteiger partial charge is 0.122 e. The minimum atomic E-state index is -0.483. The van der Waals surface area contributed by atoms with E-state index >= 15 is 0 Å². The molecule has 0 amide bonds. The first-order chi connectivity index (χ1) is 9.31. The minimum Gasteiger partial charge on any atom is -0.494 e. The molecular formula is C16H19NO2. The summed E-state index contributed by atoms with van der Waals surface area (Å²) in [5, 5.41) is 10.1. The number of benzene rings is 1. The molecule has 0 saturated heterocycles. The van der Waals surface area contributed by atoms with Crippen LogP contribution < -0.4 is 4.74 Å². The number of aliphatic hydroxyl groups is 1. The van der Waals surface area contributed by atoms with Crippen molar-refractivity contribution >= 4 is 0 Å². The second kappa shape index (κ2) is 6.90. The molecule has 100 valence electrons. The van der Waals surface area contributed by atoms with E-state index in [4.69, 9.17) is 4.74 Å². The first-order valence-electron chi connectivity index (χ1n) is 6.60. The van der Waals surface area contributed by atoms with E-state index in [0.717, 1.165) is 23.3 Å². The van der Waals surface area contributed by atoms with E-state index in [1.165, 1.54) is 0 Å². The zero-order valence-corrected chi connectivity index (χ0v) is 11.1. The number of rotatable bonds is 6. The Morgan fingerprint density at radius 1 is 1.21 bits per heavy atom. The van der Waals surface area contributed by atoms with Gasteiger partial charge < -0.3 is 9.84 Å². The lowest BCUT2D eigenvalue weighted by Gasteiger charge is -2.13. The summed E-state index contributed by atoms with van der Waals surface area (Å²) in [5.74, 6) is 0.906. The summed E-state index contributed by atoms with van der Waals surface area (Å²) in [4.78, 5) is 4.02. The first kappa shape index (κ1) is 13.6. The average Bonchev–Trinajstić information content (AvgIpc) is 2.47. The van der Waals surface area contributed by atoms with Crippen LogP contribution in [0.1, 0.15) is 30.6 Å². The summed E-state index contributed by atoms with van der Waals surface area (Å²) in [5.41, 5.74) is 1.99. The fourth-order valence-corrected chi connectivity index (χ4v) is 2.04. The van der Waals surface area contributed by atoms with Crippen molar-refractivity contribution in [1.29, 1.82) is 0 Å². The number of ether oxygens (including phenoxy) is 1. The van der Waals surface area contributed by atoms with Gasteiger partial charge in [0.25, 0.3) is 0 Å². The third-order valence-electron chi connectivity index (χ3n) is 3.03. The molecule has 2 aromatic rings. The molecule has 0 aliphatic carbocycles. The van der Waals surface area contributed by atoms with Gasteiger partial charge in [-0.05, 0) is 43.0 Å². The Morgan fingerprint density at radius 2 is 2.05 bits per heavy atom. The fourth-order valence-electron chi connectivity index (χ4n) is 2.04. The maximum absolute atomic E-state index is 10.1. The summed E-state index contributed by atoms with van der Waals surface area (Å²) in [6, 6.07) is 11.7. The first-order valence-corrected chi connectivity index (χ1v) is 6.60. The molecule has 0 radical (unpaired) electrons. The molecule has 1 unspecified atom stereocenters.